The molecule has 124 valence electrons. The van der Waals surface area contributed by atoms with Gasteiger partial charge in [-0.3, -0.25) is 9.48 Å². The van der Waals surface area contributed by atoms with E-state index in [4.69, 9.17) is 0 Å². The van der Waals surface area contributed by atoms with Gasteiger partial charge >= 0.3 is 0 Å². The fraction of sp³-hybridized carbons (Fsp3) is 0.278. The van der Waals surface area contributed by atoms with E-state index in [1.807, 2.05) is 29.1 Å². The van der Waals surface area contributed by atoms with E-state index in [0.29, 0.717) is 12.1 Å². The first-order valence-corrected chi connectivity index (χ1v) is 9.07. The number of thioether (sulfide) groups is 1. The zero-order valence-electron chi connectivity index (χ0n) is 14.0. The molecule has 0 spiro atoms. The number of pyridine rings is 1. The molecule has 0 saturated carbocycles. The van der Waals surface area contributed by atoms with Crippen LogP contribution < -0.4 is 5.32 Å². The van der Waals surface area contributed by atoms with Gasteiger partial charge in [-0.15, -0.1) is 11.8 Å². The maximum Gasteiger partial charge on any atom is 0.254 e. The summed E-state index contributed by atoms with van der Waals surface area (Å²) >= 11 is 1.46. The molecule has 0 aliphatic heterocycles. The molecule has 5 nitrogen and oxygen atoms in total. The minimum atomic E-state index is -0.129. The highest BCUT2D eigenvalue weighted by Crippen LogP contribution is 2.22. The number of hydrogen-bond donors (Lipinski definition) is 1. The van der Waals surface area contributed by atoms with Gasteiger partial charge in [0.1, 0.15) is 5.03 Å². The Morgan fingerprint density at radius 1 is 1.25 bits per heavy atom. The molecule has 6 heteroatoms. The number of benzene rings is 1. The molecule has 2 aromatic heterocycles. The van der Waals surface area contributed by atoms with Crippen LogP contribution in [0.2, 0.25) is 0 Å². The number of rotatable bonds is 5. The van der Waals surface area contributed by atoms with E-state index in [-0.39, 0.29) is 11.9 Å². The molecule has 0 bridgehead atoms. The van der Waals surface area contributed by atoms with Crippen molar-refractivity contribution < 1.29 is 4.79 Å². The summed E-state index contributed by atoms with van der Waals surface area (Å²) in [5, 5.41) is 9.45. The lowest BCUT2D eigenvalue weighted by molar-refractivity contribution is 0.0947. The topological polar surface area (TPSA) is 59.8 Å². The van der Waals surface area contributed by atoms with E-state index >= 15 is 0 Å². The first-order chi connectivity index (χ1) is 11.6. The summed E-state index contributed by atoms with van der Waals surface area (Å²) in [4.78, 5) is 16.7. The fourth-order valence-electron chi connectivity index (χ4n) is 2.66. The number of carbonyl (C=O) groups excluding carboxylic acids is 1. The largest absolute Gasteiger partial charge is 0.346 e. The molecule has 3 rings (SSSR count). The molecule has 1 N–H and O–H groups in total. The molecule has 0 aliphatic rings. The van der Waals surface area contributed by atoms with Crippen molar-refractivity contribution in [2.45, 2.75) is 31.5 Å². The quantitative estimate of drug-likeness (QED) is 0.720. The van der Waals surface area contributed by atoms with Crippen LogP contribution >= 0.6 is 11.8 Å². The minimum absolute atomic E-state index is 0.129. The lowest BCUT2D eigenvalue weighted by atomic mass is 10.2. The summed E-state index contributed by atoms with van der Waals surface area (Å²) in [6.07, 6.45) is 3.61. The van der Waals surface area contributed by atoms with E-state index in [2.05, 4.69) is 35.3 Å². The Kier molecular flexibility index (Phi) is 4.85. The third kappa shape index (κ3) is 3.14. The van der Waals surface area contributed by atoms with Crippen molar-refractivity contribution in [2.75, 3.05) is 6.26 Å². The van der Waals surface area contributed by atoms with Crippen LogP contribution in [0.25, 0.3) is 10.9 Å². The molecule has 3 aromatic rings. The molecular formula is C18H20N4OS. The first-order valence-electron chi connectivity index (χ1n) is 7.85. The van der Waals surface area contributed by atoms with Crippen LogP contribution in [-0.2, 0) is 6.54 Å². The number of amides is 1. The SMILES string of the molecule is CSc1ncccc1C(=O)NCc1nn(C(C)C)c2ccccc12. The van der Waals surface area contributed by atoms with Crippen LogP contribution in [-0.4, -0.2) is 26.9 Å². The molecule has 0 saturated heterocycles. The van der Waals surface area contributed by atoms with Gasteiger partial charge in [-0.25, -0.2) is 4.98 Å². The van der Waals surface area contributed by atoms with Crippen LogP contribution in [0.5, 0.6) is 0 Å². The standard InChI is InChI=1S/C18H20N4OS/c1-12(2)22-16-9-5-4-7-13(16)15(21-22)11-20-17(23)14-8-6-10-19-18(14)24-3/h4-10,12H,11H2,1-3H3,(H,20,23). The second kappa shape index (κ2) is 7.05. The summed E-state index contributed by atoms with van der Waals surface area (Å²) < 4.78 is 1.99. The van der Waals surface area contributed by atoms with Gasteiger partial charge in [0.05, 0.1) is 23.3 Å². The average Bonchev–Trinajstić information content (AvgIpc) is 2.99. The number of hydrogen-bond acceptors (Lipinski definition) is 4. The number of nitrogens with zero attached hydrogens (tertiary/aromatic N) is 3. The Morgan fingerprint density at radius 3 is 2.79 bits per heavy atom. The van der Waals surface area contributed by atoms with Crippen molar-refractivity contribution in [2.24, 2.45) is 0 Å². The van der Waals surface area contributed by atoms with Crippen molar-refractivity contribution in [3.63, 3.8) is 0 Å². The number of carbonyl (C=O) groups is 1. The molecule has 0 unspecified atom stereocenters. The Labute approximate surface area is 145 Å². The Bertz CT molecular complexity index is 872. The van der Waals surface area contributed by atoms with E-state index in [9.17, 15) is 4.79 Å². The highest BCUT2D eigenvalue weighted by atomic mass is 32.2. The monoisotopic (exact) mass is 340 g/mol. The molecule has 0 radical (unpaired) electrons. The molecule has 1 aromatic carbocycles. The third-order valence-electron chi connectivity index (χ3n) is 3.80. The van der Waals surface area contributed by atoms with E-state index in [1.54, 1.807) is 18.3 Å². The van der Waals surface area contributed by atoms with Crippen molar-refractivity contribution in [1.29, 1.82) is 0 Å². The van der Waals surface area contributed by atoms with Crippen LogP contribution in [0.4, 0.5) is 0 Å². The van der Waals surface area contributed by atoms with Crippen LogP contribution in [0.3, 0.4) is 0 Å². The lowest BCUT2D eigenvalue weighted by Gasteiger charge is -2.07. The fourth-order valence-corrected chi connectivity index (χ4v) is 3.21. The number of aromatic nitrogens is 3. The van der Waals surface area contributed by atoms with Crippen molar-refractivity contribution in [1.82, 2.24) is 20.1 Å². The van der Waals surface area contributed by atoms with Crippen molar-refractivity contribution in [3.05, 3.63) is 53.9 Å². The van der Waals surface area contributed by atoms with E-state index < -0.39 is 0 Å². The average molecular weight is 340 g/mol. The summed E-state index contributed by atoms with van der Waals surface area (Å²) in [5.41, 5.74) is 2.56. The van der Waals surface area contributed by atoms with Crippen LogP contribution in [0, 0.1) is 0 Å². The highest BCUT2D eigenvalue weighted by molar-refractivity contribution is 7.98. The van der Waals surface area contributed by atoms with Gasteiger partial charge in [0.15, 0.2) is 0 Å². The number of para-hydroxylation sites is 1. The number of nitrogens with one attached hydrogen (secondary N) is 1. The normalized spacial score (nSPS) is 11.2. The first kappa shape index (κ1) is 16.5. The summed E-state index contributed by atoms with van der Waals surface area (Å²) in [5.74, 6) is -0.129. The van der Waals surface area contributed by atoms with Crippen molar-refractivity contribution in [3.8, 4) is 0 Å². The van der Waals surface area contributed by atoms with Gasteiger partial charge in [-0.2, -0.15) is 5.10 Å². The summed E-state index contributed by atoms with van der Waals surface area (Å²) in [6.45, 7) is 4.59. The maximum atomic E-state index is 12.5. The molecule has 1 amide bonds. The maximum absolute atomic E-state index is 12.5. The lowest BCUT2D eigenvalue weighted by Crippen LogP contribution is -2.24. The van der Waals surface area contributed by atoms with Crippen LogP contribution in [0.1, 0.15) is 35.9 Å². The highest BCUT2D eigenvalue weighted by Gasteiger charge is 2.15. The van der Waals surface area contributed by atoms with Gasteiger partial charge in [-0.05, 0) is 38.3 Å². The molecule has 0 fully saturated rings. The minimum Gasteiger partial charge on any atom is -0.346 e. The third-order valence-corrected chi connectivity index (χ3v) is 4.52. The second-order valence-electron chi connectivity index (χ2n) is 5.75. The summed E-state index contributed by atoms with van der Waals surface area (Å²) in [6, 6.07) is 11.9. The van der Waals surface area contributed by atoms with Gasteiger partial charge in [-0.1, -0.05) is 18.2 Å². The Balaban J connectivity index is 1.85. The molecule has 0 atom stereocenters. The smallest absolute Gasteiger partial charge is 0.254 e. The second-order valence-corrected chi connectivity index (χ2v) is 6.54. The van der Waals surface area contributed by atoms with Gasteiger partial charge < -0.3 is 5.32 Å². The van der Waals surface area contributed by atoms with Gasteiger partial charge in [0, 0.05) is 17.6 Å². The molecule has 2 heterocycles. The van der Waals surface area contributed by atoms with Gasteiger partial charge in [0.25, 0.3) is 5.91 Å². The number of fused-ring (bicyclic) bond motifs is 1. The molecule has 24 heavy (non-hydrogen) atoms. The van der Waals surface area contributed by atoms with Gasteiger partial charge in [0.2, 0.25) is 0 Å². The predicted molar refractivity (Wildman–Crippen MR) is 97.3 cm³/mol. The van der Waals surface area contributed by atoms with Crippen molar-refractivity contribution >= 4 is 28.6 Å². The van der Waals surface area contributed by atoms with E-state index in [0.717, 1.165) is 21.6 Å². The Morgan fingerprint density at radius 2 is 2.04 bits per heavy atom. The van der Waals surface area contributed by atoms with E-state index in [1.165, 1.54) is 11.8 Å². The Hall–Kier alpha value is -2.34. The molecular weight excluding hydrogens is 320 g/mol. The summed E-state index contributed by atoms with van der Waals surface area (Å²) in [7, 11) is 0. The molecule has 0 aliphatic carbocycles. The van der Waals surface area contributed by atoms with Crippen LogP contribution in [0.15, 0.2) is 47.6 Å². The predicted octanol–water partition coefficient (Wildman–Crippen LogP) is 3.66. The zero-order chi connectivity index (χ0) is 17.1. The zero-order valence-corrected chi connectivity index (χ0v) is 14.8.